The van der Waals surface area contributed by atoms with Gasteiger partial charge in [0.2, 0.25) is 0 Å². The summed E-state index contributed by atoms with van der Waals surface area (Å²) in [6.45, 7) is 9.98. The summed E-state index contributed by atoms with van der Waals surface area (Å²) in [6.07, 6.45) is 0. The molecule has 3 nitrogen and oxygen atoms in total. The second-order valence-electron chi connectivity index (χ2n) is 5.69. The molecule has 1 aromatic carbocycles. The molecular weight excluding hydrogens is 226 g/mol. The van der Waals surface area contributed by atoms with Gasteiger partial charge in [0.25, 0.3) is 0 Å². The van der Waals surface area contributed by atoms with Crippen molar-refractivity contribution in [2.75, 3.05) is 20.3 Å². The molecule has 102 valence electrons. The van der Waals surface area contributed by atoms with Crippen LogP contribution in [0, 0.1) is 19.3 Å². The zero-order chi connectivity index (χ0) is 13.8. The SMILES string of the molecule is COc1cc(C)cc(C)c1CNCC(C)(C)CO. The van der Waals surface area contributed by atoms with Crippen LogP contribution in [-0.4, -0.2) is 25.4 Å². The topological polar surface area (TPSA) is 41.5 Å². The van der Waals surface area contributed by atoms with E-state index >= 15 is 0 Å². The molecule has 0 spiro atoms. The quantitative estimate of drug-likeness (QED) is 0.816. The van der Waals surface area contributed by atoms with Gasteiger partial charge in [-0.3, -0.25) is 0 Å². The molecule has 0 atom stereocenters. The van der Waals surface area contributed by atoms with Crippen LogP contribution in [0.1, 0.15) is 30.5 Å². The van der Waals surface area contributed by atoms with Crippen molar-refractivity contribution >= 4 is 0 Å². The van der Waals surface area contributed by atoms with Gasteiger partial charge in [0.15, 0.2) is 0 Å². The second kappa shape index (κ2) is 6.21. The van der Waals surface area contributed by atoms with Gasteiger partial charge in [0.1, 0.15) is 5.75 Å². The summed E-state index contributed by atoms with van der Waals surface area (Å²) >= 11 is 0. The van der Waals surface area contributed by atoms with E-state index in [1.807, 2.05) is 13.8 Å². The van der Waals surface area contributed by atoms with Crippen LogP contribution >= 0.6 is 0 Å². The maximum atomic E-state index is 9.22. The zero-order valence-electron chi connectivity index (χ0n) is 12.1. The van der Waals surface area contributed by atoms with Crippen LogP contribution in [0.3, 0.4) is 0 Å². The van der Waals surface area contributed by atoms with Crippen molar-refractivity contribution in [1.29, 1.82) is 0 Å². The maximum Gasteiger partial charge on any atom is 0.123 e. The molecule has 0 saturated carbocycles. The van der Waals surface area contributed by atoms with E-state index in [9.17, 15) is 5.11 Å². The van der Waals surface area contributed by atoms with Crippen LogP contribution in [-0.2, 0) is 6.54 Å². The van der Waals surface area contributed by atoms with E-state index in [-0.39, 0.29) is 12.0 Å². The molecule has 0 aliphatic rings. The Bertz CT molecular complexity index is 400. The van der Waals surface area contributed by atoms with Crippen LogP contribution in [0.25, 0.3) is 0 Å². The summed E-state index contributed by atoms with van der Waals surface area (Å²) in [5, 5.41) is 12.6. The van der Waals surface area contributed by atoms with Gasteiger partial charge >= 0.3 is 0 Å². The molecular formula is C15H25NO2. The fourth-order valence-corrected chi connectivity index (χ4v) is 1.95. The van der Waals surface area contributed by atoms with Crippen molar-refractivity contribution in [3.05, 3.63) is 28.8 Å². The van der Waals surface area contributed by atoms with Crippen LogP contribution in [0.5, 0.6) is 5.75 Å². The number of nitrogens with one attached hydrogen (secondary N) is 1. The van der Waals surface area contributed by atoms with Gasteiger partial charge < -0.3 is 15.2 Å². The van der Waals surface area contributed by atoms with Crippen molar-refractivity contribution < 1.29 is 9.84 Å². The summed E-state index contributed by atoms with van der Waals surface area (Å²) in [4.78, 5) is 0. The van der Waals surface area contributed by atoms with E-state index in [0.717, 1.165) is 18.8 Å². The molecule has 0 aliphatic heterocycles. The first-order valence-corrected chi connectivity index (χ1v) is 6.35. The van der Waals surface area contributed by atoms with E-state index in [1.54, 1.807) is 7.11 Å². The second-order valence-corrected chi connectivity index (χ2v) is 5.69. The van der Waals surface area contributed by atoms with Gasteiger partial charge in [0, 0.05) is 30.7 Å². The van der Waals surface area contributed by atoms with Crippen LogP contribution in [0.15, 0.2) is 12.1 Å². The van der Waals surface area contributed by atoms with Crippen LogP contribution < -0.4 is 10.1 Å². The van der Waals surface area contributed by atoms with E-state index in [1.165, 1.54) is 16.7 Å². The Labute approximate surface area is 110 Å². The largest absolute Gasteiger partial charge is 0.496 e. The normalized spacial score (nSPS) is 11.7. The van der Waals surface area contributed by atoms with Crippen molar-refractivity contribution in [3.8, 4) is 5.75 Å². The molecule has 0 heterocycles. The number of hydrogen-bond acceptors (Lipinski definition) is 3. The molecule has 3 heteroatoms. The Balaban J connectivity index is 2.73. The van der Waals surface area contributed by atoms with E-state index in [4.69, 9.17) is 4.74 Å². The number of aryl methyl sites for hydroxylation is 2. The molecule has 0 aromatic heterocycles. The third-order valence-electron chi connectivity index (χ3n) is 3.13. The fraction of sp³-hybridized carbons (Fsp3) is 0.600. The number of rotatable bonds is 6. The zero-order valence-corrected chi connectivity index (χ0v) is 12.1. The van der Waals surface area contributed by atoms with Crippen LogP contribution in [0.4, 0.5) is 0 Å². The minimum absolute atomic E-state index is 0.0914. The van der Waals surface area contributed by atoms with Crippen molar-refractivity contribution in [1.82, 2.24) is 5.32 Å². The lowest BCUT2D eigenvalue weighted by Crippen LogP contribution is -2.32. The maximum absolute atomic E-state index is 9.22. The molecule has 0 amide bonds. The standard InChI is InChI=1S/C15H25NO2/c1-11-6-12(2)13(14(7-11)18-5)8-16-9-15(3,4)10-17/h6-7,16-17H,8-10H2,1-5H3. The van der Waals surface area contributed by atoms with Crippen molar-refractivity contribution in [3.63, 3.8) is 0 Å². The summed E-state index contributed by atoms with van der Waals surface area (Å²) < 4.78 is 5.43. The Morgan fingerprint density at radius 3 is 2.50 bits per heavy atom. The minimum atomic E-state index is -0.0914. The summed E-state index contributed by atoms with van der Waals surface area (Å²) in [5.41, 5.74) is 3.55. The van der Waals surface area contributed by atoms with E-state index < -0.39 is 0 Å². The summed E-state index contributed by atoms with van der Waals surface area (Å²) in [7, 11) is 1.70. The van der Waals surface area contributed by atoms with Gasteiger partial charge in [0.05, 0.1) is 7.11 Å². The number of benzene rings is 1. The molecule has 0 bridgehead atoms. The van der Waals surface area contributed by atoms with Gasteiger partial charge in [-0.15, -0.1) is 0 Å². The lowest BCUT2D eigenvalue weighted by molar-refractivity contribution is 0.156. The average Bonchev–Trinajstić information content (AvgIpc) is 2.31. The summed E-state index contributed by atoms with van der Waals surface area (Å²) in [5.74, 6) is 0.932. The third-order valence-corrected chi connectivity index (χ3v) is 3.13. The average molecular weight is 251 g/mol. The third kappa shape index (κ3) is 4.00. The predicted octanol–water partition coefficient (Wildman–Crippen LogP) is 2.42. The highest BCUT2D eigenvalue weighted by molar-refractivity contribution is 5.42. The lowest BCUT2D eigenvalue weighted by atomic mass is 9.94. The summed E-state index contributed by atoms with van der Waals surface area (Å²) in [6, 6.07) is 4.22. The number of aliphatic hydroxyl groups is 1. The number of methoxy groups -OCH3 is 1. The number of hydrogen-bond donors (Lipinski definition) is 2. The molecule has 1 rings (SSSR count). The number of aliphatic hydroxyl groups excluding tert-OH is 1. The molecule has 0 fully saturated rings. The first-order chi connectivity index (χ1) is 8.39. The van der Waals surface area contributed by atoms with Gasteiger partial charge in [-0.25, -0.2) is 0 Å². The Morgan fingerprint density at radius 2 is 1.94 bits per heavy atom. The number of ether oxygens (including phenoxy) is 1. The monoisotopic (exact) mass is 251 g/mol. The van der Waals surface area contributed by atoms with Crippen molar-refractivity contribution in [2.24, 2.45) is 5.41 Å². The predicted molar refractivity (Wildman–Crippen MR) is 75.0 cm³/mol. The molecule has 0 aliphatic carbocycles. The minimum Gasteiger partial charge on any atom is -0.496 e. The van der Waals surface area contributed by atoms with E-state index in [0.29, 0.717) is 0 Å². The Hall–Kier alpha value is -1.06. The highest BCUT2D eigenvalue weighted by atomic mass is 16.5. The molecule has 2 N–H and O–H groups in total. The van der Waals surface area contributed by atoms with Gasteiger partial charge in [-0.05, 0) is 31.0 Å². The highest BCUT2D eigenvalue weighted by Crippen LogP contribution is 2.24. The molecule has 18 heavy (non-hydrogen) atoms. The van der Waals surface area contributed by atoms with Gasteiger partial charge in [-0.2, -0.15) is 0 Å². The van der Waals surface area contributed by atoms with Crippen molar-refractivity contribution in [2.45, 2.75) is 34.2 Å². The van der Waals surface area contributed by atoms with Crippen LogP contribution in [0.2, 0.25) is 0 Å². The highest BCUT2D eigenvalue weighted by Gasteiger charge is 2.16. The Morgan fingerprint density at radius 1 is 1.28 bits per heavy atom. The molecule has 1 aromatic rings. The fourth-order valence-electron chi connectivity index (χ4n) is 1.95. The lowest BCUT2D eigenvalue weighted by Gasteiger charge is -2.23. The smallest absolute Gasteiger partial charge is 0.123 e. The first kappa shape index (κ1) is 15.0. The Kier molecular flexibility index (Phi) is 5.17. The first-order valence-electron chi connectivity index (χ1n) is 6.35. The van der Waals surface area contributed by atoms with E-state index in [2.05, 4.69) is 31.3 Å². The molecule has 0 radical (unpaired) electrons. The molecule has 0 saturated heterocycles. The van der Waals surface area contributed by atoms with Gasteiger partial charge in [-0.1, -0.05) is 19.9 Å². The molecule has 0 unspecified atom stereocenters.